The maximum absolute atomic E-state index is 16.8. The fourth-order valence-corrected chi connectivity index (χ4v) is 5.90. The molecule has 1 saturated carbocycles. The maximum Gasteiger partial charge on any atom is 0.418 e. The van der Waals surface area contributed by atoms with E-state index in [1.54, 1.807) is 6.92 Å². The van der Waals surface area contributed by atoms with E-state index in [2.05, 4.69) is 5.32 Å². The molecule has 1 aliphatic heterocycles. The van der Waals surface area contributed by atoms with E-state index in [1.165, 1.54) is 41.7 Å². The second-order valence-corrected chi connectivity index (χ2v) is 11.2. The van der Waals surface area contributed by atoms with E-state index < -0.39 is 83.6 Å². The van der Waals surface area contributed by atoms with Gasteiger partial charge >= 0.3 is 18.3 Å². The minimum atomic E-state index is -5.69. The van der Waals surface area contributed by atoms with Crippen LogP contribution in [0.5, 0.6) is 0 Å². The second-order valence-electron chi connectivity index (χ2n) is 11.2. The van der Waals surface area contributed by atoms with Crippen molar-refractivity contribution in [2.45, 2.75) is 75.4 Å². The highest BCUT2D eigenvalue weighted by Crippen LogP contribution is 2.58. The summed E-state index contributed by atoms with van der Waals surface area (Å²) >= 11 is 0. The smallest absolute Gasteiger partial charge is 0.378 e. The van der Waals surface area contributed by atoms with Gasteiger partial charge in [-0.15, -0.1) is 0 Å². The highest BCUT2D eigenvalue weighted by molar-refractivity contribution is 6.29. The summed E-state index contributed by atoms with van der Waals surface area (Å²) in [5.41, 5.74) is -6.34. The van der Waals surface area contributed by atoms with Gasteiger partial charge in [-0.2, -0.15) is 40.4 Å². The molecule has 2 amide bonds. The summed E-state index contributed by atoms with van der Waals surface area (Å²) in [6.45, 7) is 1.32. The van der Waals surface area contributed by atoms with E-state index in [0.29, 0.717) is 5.56 Å². The van der Waals surface area contributed by atoms with Crippen molar-refractivity contribution in [1.82, 2.24) is 5.32 Å². The van der Waals surface area contributed by atoms with Crippen molar-refractivity contribution in [3.63, 3.8) is 0 Å². The van der Waals surface area contributed by atoms with E-state index in [-0.39, 0.29) is 37.1 Å². The zero-order valence-electron chi connectivity index (χ0n) is 23.9. The van der Waals surface area contributed by atoms with Crippen LogP contribution in [0.15, 0.2) is 54.1 Å². The number of ether oxygens (including phenoxy) is 1. The molecule has 0 spiro atoms. The van der Waals surface area contributed by atoms with Crippen LogP contribution in [0.25, 0.3) is 5.57 Å². The Morgan fingerprint density at radius 2 is 1.60 bits per heavy atom. The SMILES string of the molecule is Cc1ccc(C2=C(C(=O)Nc3ccc(C#N)cc3)C(=O)NC(C3CCC(OCCCC(F)(F)F)CC3)(C(F)(F)F)C2(F)F)cc1. The number of halogens is 8. The molecule has 0 radical (unpaired) electrons. The molecule has 2 aromatic carbocycles. The van der Waals surface area contributed by atoms with Crippen molar-refractivity contribution >= 4 is 23.1 Å². The number of alkyl halides is 8. The van der Waals surface area contributed by atoms with Crippen molar-refractivity contribution in [3.05, 3.63) is 70.8 Å². The minimum Gasteiger partial charge on any atom is -0.378 e. The molecular formula is C31H29F8N3O3. The Morgan fingerprint density at radius 1 is 1.00 bits per heavy atom. The number of benzene rings is 2. The zero-order chi connectivity index (χ0) is 33.2. The average molecular weight is 644 g/mol. The molecule has 0 aromatic heterocycles. The molecule has 1 aliphatic carbocycles. The third-order valence-corrected chi connectivity index (χ3v) is 8.13. The number of carbonyl (C=O) groups excluding carboxylic acids is 2. The van der Waals surface area contributed by atoms with E-state index in [0.717, 1.165) is 12.1 Å². The Labute approximate surface area is 253 Å². The molecule has 1 atom stereocenters. The molecule has 1 heterocycles. The van der Waals surface area contributed by atoms with Crippen LogP contribution in [-0.2, 0) is 14.3 Å². The monoisotopic (exact) mass is 643 g/mol. The van der Waals surface area contributed by atoms with Gasteiger partial charge in [0, 0.05) is 24.3 Å². The highest BCUT2D eigenvalue weighted by atomic mass is 19.4. The van der Waals surface area contributed by atoms with E-state index in [1.807, 2.05) is 6.07 Å². The van der Waals surface area contributed by atoms with Gasteiger partial charge in [0.25, 0.3) is 11.8 Å². The summed E-state index contributed by atoms with van der Waals surface area (Å²) < 4.78 is 121. The predicted octanol–water partition coefficient (Wildman–Crippen LogP) is 7.24. The van der Waals surface area contributed by atoms with E-state index in [9.17, 15) is 22.8 Å². The van der Waals surface area contributed by atoms with Crippen LogP contribution in [0.1, 0.15) is 55.2 Å². The van der Waals surface area contributed by atoms with Crippen molar-refractivity contribution in [2.75, 3.05) is 11.9 Å². The van der Waals surface area contributed by atoms with Gasteiger partial charge in [-0.3, -0.25) is 9.59 Å². The lowest BCUT2D eigenvalue weighted by Gasteiger charge is -2.51. The van der Waals surface area contributed by atoms with Crippen LogP contribution < -0.4 is 10.6 Å². The number of nitriles is 1. The average Bonchev–Trinajstić information content (AvgIpc) is 2.96. The lowest BCUT2D eigenvalue weighted by Crippen LogP contribution is -2.75. The lowest BCUT2D eigenvalue weighted by atomic mass is 9.65. The first-order valence-corrected chi connectivity index (χ1v) is 14.1. The summed E-state index contributed by atoms with van der Waals surface area (Å²) in [7, 11) is 0. The number of carbonyl (C=O) groups is 2. The van der Waals surface area contributed by atoms with Gasteiger partial charge in [0.2, 0.25) is 5.54 Å². The van der Waals surface area contributed by atoms with Gasteiger partial charge in [-0.1, -0.05) is 29.8 Å². The number of nitrogens with zero attached hydrogens (tertiary/aromatic N) is 1. The van der Waals surface area contributed by atoms with Crippen LogP contribution in [0.4, 0.5) is 40.8 Å². The van der Waals surface area contributed by atoms with Crippen LogP contribution >= 0.6 is 0 Å². The van der Waals surface area contributed by atoms with E-state index >= 15 is 22.0 Å². The first-order valence-electron chi connectivity index (χ1n) is 14.1. The number of hydrogen-bond donors (Lipinski definition) is 2. The fourth-order valence-electron chi connectivity index (χ4n) is 5.90. The molecular weight excluding hydrogens is 614 g/mol. The first kappa shape index (κ1) is 33.9. The lowest BCUT2D eigenvalue weighted by molar-refractivity contribution is -0.271. The molecule has 2 aliphatic rings. The Morgan fingerprint density at radius 3 is 2.13 bits per heavy atom. The number of amides is 2. The normalized spacial score (nSPS) is 23.7. The van der Waals surface area contributed by atoms with Gasteiger partial charge in [-0.05, 0) is 74.8 Å². The van der Waals surface area contributed by atoms with Crippen molar-refractivity contribution in [1.29, 1.82) is 5.26 Å². The van der Waals surface area contributed by atoms with E-state index in [4.69, 9.17) is 10.00 Å². The Bertz CT molecular complexity index is 1470. The molecule has 2 N–H and O–H groups in total. The summed E-state index contributed by atoms with van der Waals surface area (Å²) in [6, 6.07) is 12.0. The number of nitrogens with one attached hydrogen (secondary N) is 2. The van der Waals surface area contributed by atoms with Crippen molar-refractivity contribution in [2.24, 2.45) is 5.92 Å². The number of hydrogen-bond acceptors (Lipinski definition) is 4. The standard InChI is InChI=1S/C31H29F8N3O3/c1-18-3-7-20(8-4-18)25-24(26(43)41-22-11-5-19(17-40)6-12-22)27(44)42-29(30(25,35)36,31(37,38)39)21-9-13-23(14-10-21)45-16-2-15-28(32,33)34/h3-8,11-12,21,23H,2,9-10,13-16H2,1H3,(H,41,43)(H,42,44). The van der Waals surface area contributed by atoms with Crippen LogP contribution in [-0.4, -0.2) is 48.3 Å². The van der Waals surface area contributed by atoms with Gasteiger partial charge in [0.05, 0.1) is 17.7 Å². The Kier molecular flexibility index (Phi) is 9.63. The second kappa shape index (κ2) is 12.8. The van der Waals surface area contributed by atoms with Gasteiger partial charge in [0.1, 0.15) is 5.57 Å². The summed E-state index contributed by atoms with van der Waals surface area (Å²) in [5, 5.41) is 12.8. The van der Waals surface area contributed by atoms with Gasteiger partial charge in [0.15, 0.2) is 0 Å². The van der Waals surface area contributed by atoms with Crippen LogP contribution in [0.2, 0.25) is 0 Å². The third kappa shape index (κ3) is 6.98. The molecule has 242 valence electrons. The topological polar surface area (TPSA) is 91.2 Å². The maximum atomic E-state index is 16.8. The molecule has 1 fully saturated rings. The third-order valence-electron chi connectivity index (χ3n) is 8.13. The summed E-state index contributed by atoms with van der Waals surface area (Å²) in [6.07, 6.45) is -13.6. The van der Waals surface area contributed by atoms with Crippen molar-refractivity contribution in [3.8, 4) is 6.07 Å². The van der Waals surface area contributed by atoms with Crippen LogP contribution in [0.3, 0.4) is 0 Å². The minimum absolute atomic E-state index is 0.00656. The predicted molar refractivity (Wildman–Crippen MR) is 147 cm³/mol. The molecule has 1 unspecified atom stereocenters. The quantitative estimate of drug-likeness (QED) is 0.180. The molecule has 4 rings (SSSR count). The van der Waals surface area contributed by atoms with Crippen LogP contribution in [0, 0.1) is 24.2 Å². The first-order chi connectivity index (χ1) is 21.0. The summed E-state index contributed by atoms with van der Waals surface area (Å²) in [4.78, 5) is 26.8. The number of aryl methyl sites for hydroxylation is 1. The molecule has 6 nitrogen and oxygen atoms in total. The fraction of sp³-hybridized carbons (Fsp3) is 0.452. The number of rotatable bonds is 8. The number of anilines is 1. The molecule has 2 aromatic rings. The Hall–Kier alpha value is -3.99. The van der Waals surface area contributed by atoms with Crippen molar-refractivity contribution < 1.29 is 49.4 Å². The molecule has 45 heavy (non-hydrogen) atoms. The molecule has 0 saturated heterocycles. The summed E-state index contributed by atoms with van der Waals surface area (Å²) in [5.74, 6) is -9.73. The molecule has 14 heteroatoms. The largest absolute Gasteiger partial charge is 0.418 e. The molecule has 0 bridgehead atoms. The highest BCUT2D eigenvalue weighted by Gasteiger charge is 2.77. The van der Waals surface area contributed by atoms with Gasteiger partial charge < -0.3 is 15.4 Å². The Balaban J connectivity index is 1.72. The zero-order valence-corrected chi connectivity index (χ0v) is 23.9. The van der Waals surface area contributed by atoms with Gasteiger partial charge in [-0.25, -0.2) is 0 Å².